The molecular weight excluding hydrogens is 344 g/mol. The third-order valence-corrected chi connectivity index (χ3v) is 5.38. The number of benzene rings is 2. The predicted molar refractivity (Wildman–Crippen MR) is 106 cm³/mol. The standard InChI is InChI=1S/C21H18N2O2S/c1-13-18(15-6-4-3-5-7-15)19-20(24)22-17(23-21(19)26-13)12-14-8-10-16(25-2)11-9-14/h3-11H,12H2,1-2H3,(H,22,23,24). The lowest BCUT2D eigenvalue weighted by Gasteiger charge is -2.04. The monoisotopic (exact) mass is 362 g/mol. The molecule has 4 rings (SSSR count). The van der Waals surface area contributed by atoms with Crippen LogP contribution in [0.25, 0.3) is 21.3 Å². The van der Waals surface area contributed by atoms with Crippen molar-refractivity contribution in [3.63, 3.8) is 0 Å². The number of fused-ring (bicyclic) bond motifs is 1. The van der Waals surface area contributed by atoms with E-state index in [1.54, 1.807) is 18.4 Å². The molecule has 0 spiro atoms. The third kappa shape index (κ3) is 3.02. The van der Waals surface area contributed by atoms with Crippen LogP contribution in [0.4, 0.5) is 0 Å². The smallest absolute Gasteiger partial charge is 0.260 e. The van der Waals surface area contributed by atoms with Gasteiger partial charge in [-0.25, -0.2) is 4.98 Å². The molecule has 2 heterocycles. The zero-order valence-electron chi connectivity index (χ0n) is 14.6. The van der Waals surface area contributed by atoms with Gasteiger partial charge in [0.2, 0.25) is 0 Å². The summed E-state index contributed by atoms with van der Waals surface area (Å²) in [5.41, 5.74) is 3.02. The molecule has 0 aliphatic heterocycles. The van der Waals surface area contributed by atoms with Crippen molar-refractivity contribution in [2.75, 3.05) is 7.11 Å². The average molecular weight is 362 g/mol. The quantitative estimate of drug-likeness (QED) is 0.579. The second-order valence-corrected chi connectivity index (χ2v) is 7.32. The number of hydrogen-bond acceptors (Lipinski definition) is 4. The van der Waals surface area contributed by atoms with Crippen LogP contribution in [0.2, 0.25) is 0 Å². The minimum Gasteiger partial charge on any atom is -0.497 e. The molecule has 130 valence electrons. The van der Waals surface area contributed by atoms with E-state index in [2.05, 4.69) is 4.98 Å². The normalized spacial score (nSPS) is 11.0. The third-order valence-electron chi connectivity index (χ3n) is 4.38. The van der Waals surface area contributed by atoms with E-state index in [1.165, 1.54) is 0 Å². The maximum absolute atomic E-state index is 12.8. The Morgan fingerprint density at radius 3 is 2.50 bits per heavy atom. The first-order valence-electron chi connectivity index (χ1n) is 8.36. The highest BCUT2D eigenvalue weighted by Crippen LogP contribution is 2.35. The number of aryl methyl sites for hydroxylation is 1. The number of rotatable bonds is 4. The molecule has 0 unspecified atom stereocenters. The van der Waals surface area contributed by atoms with Crippen LogP contribution in [-0.4, -0.2) is 17.1 Å². The van der Waals surface area contributed by atoms with E-state index in [0.29, 0.717) is 17.6 Å². The largest absolute Gasteiger partial charge is 0.497 e. The Kier molecular flexibility index (Phi) is 4.31. The van der Waals surface area contributed by atoms with Crippen LogP contribution in [0.5, 0.6) is 5.75 Å². The van der Waals surface area contributed by atoms with Crippen LogP contribution in [0.15, 0.2) is 59.4 Å². The molecule has 26 heavy (non-hydrogen) atoms. The number of thiophene rings is 1. The number of ether oxygens (including phenoxy) is 1. The van der Waals surface area contributed by atoms with Crippen LogP contribution in [0.3, 0.4) is 0 Å². The van der Waals surface area contributed by atoms with Crippen molar-refractivity contribution in [1.82, 2.24) is 9.97 Å². The minimum absolute atomic E-state index is 0.0817. The minimum atomic E-state index is -0.0817. The number of nitrogens with one attached hydrogen (secondary N) is 1. The zero-order chi connectivity index (χ0) is 18.1. The summed E-state index contributed by atoms with van der Waals surface area (Å²) in [6.45, 7) is 2.04. The Morgan fingerprint density at radius 2 is 1.81 bits per heavy atom. The fraction of sp³-hybridized carbons (Fsp3) is 0.143. The highest BCUT2D eigenvalue weighted by Gasteiger charge is 2.16. The van der Waals surface area contributed by atoms with E-state index >= 15 is 0 Å². The number of nitrogens with zero attached hydrogens (tertiary/aromatic N) is 1. The Labute approximate surface area is 155 Å². The molecule has 0 fully saturated rings. The molecule has 4 aromatic rings. The molecule has 0 aliphatic rings. The van der Waals surface area contributed by atoms with Gasteiger partial charge in [0, 0.05) is 16.9 Å². The topological polar surface area (TPSA) is 55.0 Å². The highest BCUT2D eigenvalue weighted by atomic mass is 32.1. The van der Waals surface area contributed by atoms with Gasteiger partial charge in [0.15, 0.2) is 0 Å². The van der Waals surface area contributed by atoms with Crippen LogP contribution < -0.4 is 10.3 Å². The Hall–Kier alpha value is -2.92. The molecule has 0 atom stereocenters. The van der Waals surface area contributed by atoms with Gasteiger partial charge in [-0.05, 0) is 30.2 Å². The number of aromatic amines is 1. The molecule has 2 aromatic heterocycles. The van der Waals surface area contributed by atoms with E-state index in [-0.39, 0.29) is 5.56 Å². The van der Waals surface area contributed by atoms with Gasteiger partial charge < -0.3 is 9.72 Å². The van der Waals surface area contributed by atoms with Crippen LogP contribution >= 0.6 is 11.3 Å². The van der Waals surface area contributed by atoms with Gasteiger partial charge in [-0.2, -0.15) is 0 Å². The fourth-order valence-electron chi connectivity index (χ4n) is 3.14. The predicted octanol–water partition coefficient (Wildman–Crippen LogP) is 4.56. The van der Waals surface area contributed by atoms with Crippen LogP contribution in [0, 0.1) is 6.92 Å². The summed E-state index contributed by atoms with van der Waals surface area (Å²) >= 11 is 1.57. The van der Waals surface area contributed by atoms with E-state index in [0.717, 1.165) is 32.1 Å². The summed E-state index contributed by atoms with van der Waals surface area (Å²) in [7, 11) is 1.64. The zero-order valence-corrected chi connectivity index (χ0v) is 15.4. The van der Waals surface area contributed by atoms with E-state index in [4.69, 9.17) is 9.72 Å². The highest BCUT2D eigenvalue weighted by molar-refractivity contribution is 7.19. The molecule has 0 aliphatic carbocycles. The van der Waals surface area contributed by atoms with Gasteiger partial charge in [-0.3, -0.25) is 4.79 Å². The summed E-state index contributed by atoms with van der Waals surface area (Å²) in [5.74, 6) is 1.49. The molecule has 0 radical (unpaired) electrons. The summed E-state index contributed by atoms with van der Waals surface area (Å²) in [4.78, 5) is 22.3. The van der Waals surface area contributed by atoms with E-state index in [1.807, 2.05) is 61.5 Å². The Balaban J connectivity index is 1.77. The molecule has 1 N–H and O–H groups in total. The van der Waals surface area contributed by atoms with Crippen molar-refractivity contribution in [3.05, 3.63) is 81.2 Å². The summed E-state index contributed by atoms with van der Waals surface area (Å²) < 4.78 is 5.18. The molecule has 0 saturated carbocycles. The van der Waals surface area contributed by atoms with Crippen molar-refractivity contribution in [1.29, 1.82) is 0 Å². The molecule has 0 bridgehead atoms. The van der Waals surface area contributed by atoms with E-state index in [9.17, 15) is 4.79 Å². The number of H-pyrrole nitrogens is 1. The molecule has 0 amide bonds. The lowest BCUT2D eigenvalue weighted by molar-refractivity contribution is 0.414. The van der Waals surface area contributed by atoms with Crippen molar-refractivity contribution >= 4 is 21.6 Å². The Morgan fingerprint density at radius 1 is 1.08 bits per heavy atom. The fourth-order valence-corrected chi connectivity index (χ4v) is 4.20. The van der Waals surface area contributed by atoms with Gasteiger partial charge in [0.05, 0.1) is 12.5 Å². The van der Waals surface area contributed by atoms with Crippen molar-refractivity contribution < 1.29 is 4.74 Å². The summed E-state index contributed by atoms with van der Waals surface area (Å²) in [6, 6.07) is 17.8. The first kappa shape index (κ1) is 16.5. The van der Waals surface area contributed by atoms with Gasteiger partial charge in [-0.15, -0.1) is 11.3 Å². The second-order valence-electron chi connectivity index (χ2n) is 6.12. The summed E-state index contributed by atoms with van der Waals surface area (Å²) in [5, 5.41) is 0.678. The van der Waals surface area contributed by atoms with E-state index < -0.39 is 0 Å². The Bertz CT molecular complexity index is 1110. The first-order chi connectivity index (χ1) is 12.7. The van der Waals surface area contributed by atoms with Crippen molar-refractivity contribution in [3.8, 4) is 16.9 Å². The van der Waals surface area contributed by atoms with Crippen LogP contribution in [-0.2, 0) is 6.42 Å². The first-order valence-corrected chi connectivity index (χ1v) is 9.18. The number of aromatic nitrogens is 2. The molecule has 0 saturated heterocycles. The maximum atomic E-state index is 12.8. The average Bonchev–Trinajstić information content (AvgIpc) is 2.99. The van der Waals surface area contributed by atoms with Crippen LogP contribution in [0.1, 0.15) is 16.3 Å². The number of hydrogen-bond donors (Lipinski definition) is 1. The van der Waals surface area contributed by atoms with Crippen molar-refractivity contribution in [2.24, 2.45) is 0 Å². The van der Waals surface area contributed by atoms with Crippen molar-refractivity contribution in [2.45, 2.75) is 13.3 Å². The molecule has 2 aromatic carbocycles. The van der Waals surface area contributed by atoms with Gasteiger partial charge >= 0.3 is 0 Å². The van der Waals surface area contributed by atoms with Gasteiger partial charge in [0.25, 0.3) is 5.56 Å². The lowest BCUT2D eigenvalue weighted by Crippen LogP contribution is -2.11. The SMILES string of the molecule is COc1ccc(Cc2nc3sc(C)c(-c4ccccc4)c3c(=O)[nH]2)cc1. The van der Waals surface area contributed by atoms with Gasteiger partial charge in [0.1, 0.15) is 16.4 Å². The second kappa shape index (κ2) is 6.77. The molecule has 4 nitrogen and oxygen atoms in total. The number of methoxy groups -OCH3 is 1. The van der Waals surface area contributed by atoms with Gasteiger partial charge in [-0.1, -0.05) is 42.5 Å². The maximum Gasteiger partial charge on any atom is 0.260 e. The lowest BCUT2D eigenvalue weighted by atomic mass is 10.0. The molecular formula is C21H18N2O2S. The molecule has 5 heteroatoms. The summed E-state index contributed by atoms with van der Waals surface area (Å²) in [6.07, 6.45) is 0.576.